The quantitative estimate of drug-likeness (QED) is 0.628. The Bertz CT molecular complexity index is 603. The molecule has 0 saturated heterocycles. The Morgan fingerprint density at radius 2 is 2.24 bits per heavy atom. The van der Waals surface area contributed by atoms with Gasteiger partial charge in [0.05, 0.1) is 27.9 Å². The summed E-state index contributed by atoms with van der Waals surface area (Å²) in [5.74, 6) is -1.64. The minimum absolute atomic E-state index is 0.0422. The lowest BCUT2D eigenvalue weighted by atomic mass is 10.00. The predicted octanol–water partition coefficient (Wildman–Crippen LogP) is 2.26. The molecule has 0 bridgehead atoms. The van der Waals surface area contributed by atoms with Gasteiger partial charge in [0.1, 0.15) is 0 Å². The van der Waals surface area contributed by atoms with E-state index in [0.717, 1.165) is 0 Å². The molecule has 0 saturated carbocycles. The Morgan fingerprint density at radius 1 is 1.53 bits per heavy atom. The van der Waals surface area contributed by atoms with Crippen molar-refractivity contribution in [3.63, 3.8) is 0 Å². The molecule has 1 heterocycles. The summed E-state index contributed by atoms with van der Waals surface area (Å²) in [6.45, 7) is 1.54. The molecular weight excluding hydrogens is 224 g/mol. The summed E-state index contributed by atoms with van der Waals surface area (Å²) in [4.78, 5) is 23.9. The van der Waals surface area contributed by atoms with E-state index in [-0.39, 0.29) is 5.69 Å². The molecule has 6 heteroatoms. The number of benzene rings is 1. The highest BCUT2D eigenvalue weighted by Gasteiger charge is 2.18. The van der Waals surface area contributed by atoms with Crippen LogP contribution in [0.1, 0.15) is 18.4 Å². The Hall–Kier alpha value is -2.37. The molecule has 2 aromatic rings. The number of carbonyl (C=O) groups is 1. The smallest absolute Gasteiger partial charge is 0.310 e. The molecule has 0 radical (unpaired) electrons. The molecule has 2 N–H and O–H groups in total. The average molecular weight is 234 g/mol. The van der Waals surface area contributed by atoms with Crippen molar-refractivity contribution in [1.29, 1.82) is 0 Å². The molecule has 0 aliphatic heterocycles. The minimum Gasteiger partial charge on any atom is -0.481 e. The molecule has 1 aromatic heterocycles. The van der Waals surface area contributed by atoms with E-state index in [2.05, 4.69) is 4.98 Å². The second kappa shape index (κ2) is 3.89. The van der Waals surface area contributed by atoms with Gasteiger partial charge in [-0.2, -0.15) is 0 Å². The number of nitrogens with zero attached hydrogens (tertiary/aromatic N) is 1. The first-order valence-corrected chi connectivity index (χ1v) is 4.99. The first kappa shape index (κ1) is 11.1. The standard InChI is InChI=1S/C11H10N2O4/c1-6(11(14)15)7-2-3-9-8(4-7)10(5-12-9)13(16)17/h2-6,12H,1H3,(H,14,15). The lowest BCUT2D eigenvalue weighted by molar-refractivity contribution is -0.383. The van der Waals surface area contributed by atoms with Crippen molar-refractivity contribution in [3.8, 4) is 0 Å². The van der Waals surface area contributed by atoms with Crippen LogP contribution >= 0.6 is 0 Å². The number of carboxylic acids is 1. The minimum atomic E-state index is -0.956. The second-order valence-corrected chi connectivity index (χ2v) is 3.80. The van der Waals surface area contributed by atoms with Gasteiger partial charge in [0.15, 0.2) is 0 Å². The highest BCUT2D eigenvalue weighted by molar-refractivity contribution is 5.90. The van der Waals surface area contributed by atoms with Gasteiger partial charge in [-0.25, -0.2) is 0 Å². The zero-order valence-electron chi connectivity index (χ0n) is 9.01. The summed E-state index contributed by atoms with van der Waals surface area (Å²) in [5.41, 5.74) is 1.13. The molecule has 6 nitrogen and oxygen atoms in total. The van der Waals surface area contributed by atoms with E-state index in [4.69, 9.17) is 5.11 Å². The Morgan fingerprint density at radius 3 is 2.82 bits per heavy atom. The van der Waals surface area contributed by atoms with E-state index in [0.29, 0.717) is 16.5 Å². The van der Waals surface area contributed by atoms with Gasteiger partial charge in [0.2, 0.25) is 0 Å². The third-order valence-electron chi connectivity index (χ3n) is 2.75. The number of aromatic nitrogens is 1. The van der Waals surface area contributed by atoms with Crippen molar-refractivity contribution in [2.45, 2.75) is 12.8 Å². The highest BCUT2D eigenvalue weighted by atomic mass is 16.6. The van der Waals surface area contributed by atoms with Gasteiger partial charge in [-0.05, 0) is 24.6 Å². The van der Waals surface area contributed by atoms with Gasteiger partial charge in [-0.15, -0.1) is 0 Å². The van der Waals surface area contributed by atoms with Crippen LogP contribution in [0.4, 0.5) is 5.69 Å². The summed E-state index contributed by atoms with van der Waals surface area (Å²) in [6, 6.07) is 4.85. The second-order valence-electron chi connectivity index (χ2n) is 3.80. The first-order chi connectivity index (χ1) is 8.00. The average Bonchev–Trinajstić information content (AvgIpc) is 2.70. The van der Waals surface area contributed by atoms with Crippen molar-refractivity contribution in [2.75, 3.05) is 0 Å². The number of nitrogens with one attached hydrogen (secondary N) is 1. The van der Waals surface area contributed by atoms with Gasteiger partial charge in [-0.3, -0.25) is 14.9 Å². The zero-order valence-corrected chi connectivity index (χ0v) is 9.01. The summed E-state index contributed by atoms with van der Waals surface area (Å²) < 4.78 is 0. The van der Waals surface area contributed by atoms with Gasteiger partial charge in [0.25, 0.3) is 5.69 Å². The molecular formula is C11H10N2O4. The fraction of sp³-hybridized carbons (Fsp3) is 0.182. The van der Waals surface area contributed by atoms with Crippen molar-refractivity contribution in [1.82, 2.24) is 4.98 Å². The number of rotatable bonds is 3. The Labute approximate surface area is 96.0 Å². The van der Waals surface area contributed by atoms with Crippen LogP contribution in [-0.2, 0) is 4.79 Å². The van der Waals surface area contributed by atoms with Crippen LogP contribution in [0.15, 0.2) is 24.4 Å². The van der Waals surface area contributed by atoms with Crippen LogP contribution in [0.5, 0.6) is 0 Å². The van der Waals surface area contributed by atoms with Crippen molar-refractivity contribution in [3.05, 3.63) is 40.1 Å². The molecule has 2 rings (SSSR count). The van der Waals surface area contributed by atoms with E-state index in [9.17, 15) is 14.9 Å². The number of hydrogen-bond donors (Lipinski definition) is 2. The normalized spacial score (nSPS) is 12.5. The lowest BCUT2D eigenvalue weighted by Crippen LogP contribution is -2.07. The predicted molar refractivity (Wildman–Crippen MR) is 61.0 cm³/mol. The number of hydrogen-bond acceptors (Lipinski definition) is 3. The monoisotopic (exact) mass is 234 g/mol. The number of carboxylic acid groups (broad SMARTS) is 1. The molecule has 1 unspecified atom stereocenters. The van der Waals surface area contributed by atoms with Crippen molar-refractivity contribution >= 4 is 22.6 Å². The SMILES string of the molecule is CC(C(=O)O)c1ccc2[nH]cc([N+](=O)[O-])c2c1. The number of nitro groups is 1. The van der Waals surface area contributed by atoms with Gasteiger partial charge in [-0.1, -0.05) is 6.07 Å². The Kier molecular flexibility index (Phi) is 2.55. The van der Waals surface area contributed by atoms with E-state index in [1.54, 1.807) is 25.1 Å². The van der Waals surface area contributed by atoms with Crippen LogP contribution < -0.4 is 0 Å². The maximum Gasteiger partial charge on any atom is 0.310 e. The summed E-state index contributed by atoms with van der Waals surface area (Å²) in [5, 5.41) is 20.1. The van der Waals surface area contributed by atoms with Gasteiger partial charge < -0.3 is 10.1 Å². The lowest BCUT2D eigenvalue weighted by Gasteiger charge is -2.05. The molecule has 0 spiro atoms. The number of H-pyrrole nitrogens is 1. The van der Waals surface area contributed by atoms with Crippen LogP contribution in [0.25, 0.3) is 10.9 Å². The molecule has 0 aliphatic rings. The highest BCUT2D eigenvalue weighted by Crippen LogP contribution is 2.28. The third-order valence-corrected chi connectivity index (χ3v) is 2.75. The van der Waals surface area contributed by atoms with Crippen molar-refractivity contribution in [2.24, 2.45) is 0 Å². The molecule has 1 aromatic carbocycles. The fourth-order valence-corrected chi connectivity index (χ4v) is 1.69. The maximum absolute atomic E-state index is 10.9. The molecule has 0 fully saturated rings. The number of fused-ring (bicyclic) bond motifs is 1. The largest absolute Gasteiger partial charge is 0.481 e. The van der Waals surface area contributed by atoms with Crippen LogP contribution in [0, 0.1) is 10.1 Å². The summed E-state index contributed by atoms with van der Waals surface area (Å²) in [6.07, 6.45) is 1.31. The van der Waals surface area contributed by atoms with E-state index in [1.165, 1.54) is 6.20 Å². The number of aromatic amines is 1. The summed E-state index contributed by atoms with van der Waals surface area (Å²) in [7, 11) is 0. The van der Waals surface area contributed by atoms with Crippen molar-refractivity contribution < 1.29 is 14.8 Å². The first-order valence-electron chi connectivity index (χ1n) is 4.99. The maximum atomic E-state index is 10.9. The molecule has 0 aliphatic carbocycles. The molecule has 0 amide bonds. The van der Waals surface area contributed by atoms with Crippen LogP contribution in [0.3, 0.4) is 0 Å². The van der Waals surface area contributed by atoms with Gasteiger partial charge in [0, 0.05) is 0 Å². The van der Waals surface area contributed by atoms with Crippen LogP contribution in [0.2, 0.25) is 0 Å². The van der Waals surface area contributed by atoms with E-state index >= 15 is 0 Å². The molecule has 88 valence electrons. The summed E-state index contributed by atoms with van der Waals surface area (Å²) >= 11 is 0. The fourth-order valence-electron chi connectivity index (χ4n) is 1.69. The zero-order chi connectivity index (χ0) is 12.6. The van der Waals surface area contributed by atoms with Gasteiger partial charge >= 0.3 is 5.97 Å². The Balaban J connectivity index is 2.59. The van der Waals surface area contributed by atoms with E-state index in [1.807, 2.05) is 0 Å². The molecule has 1 atom stereocenters. The topological polar surface area (TPSA) is 96.2 Å². The molecule has 17 heavy (non-hydrogen) atoms. The van der Waals surface area contributed by atoms with E-state index < -0.39 is 16.8 Å². The number of aliphatic carboxylic acids is 1. The third kappa shape index (κ3) is 1.84. The van der Waals surface area contributed by atoms with Crippen LogP contribution in [-0.4, -0.2) is 21.0 Å².